The first-order chi connectivity index (χ1) is 15.1. The number of piperidine rings is 1. The normalized spacial score (nSPS) is 16.2. The van der Waals surface area contributed by atoms with Crippen LogP contribution in [0.1, 0.15) is 25.3 Å². The van der Waals surface area contributed by atoms with Crippen molar-refractivity contribution in [1.29, 1.82) is 0 Å². The van der Waals surface area contributed by atoms with E-state index in [4.69, 9.17) is 0 Å². The molecule has 2 aromatic carbocycles. The van der Waals surface area contributed by atoms with E-state index in [2.05, 4.69) is 27.2 Å². The van der Waals surface area contributed by atoms with Gasteiger partial charge in [0, 0.05) is 31.7 Å². The lowest BCUT2D eigenvalue weighted by atomic mass is 9.96. The second-order valence-corrected chi connectivity index (χ2v) is 7.91. The van der Waals surface area contributed by atoms with Crippen LogP contribution in [0, 0.1) is 11.7 Å². The molecule has 0 saturated carbocycles. The Labute approximate surface area is 182 Å². The van der Waals surface area contributed by atoms with Crippen LogP contribution in [0.25, 0.3) is 11.3 Å². The van der Waals surface area contributed by atoms with E-state index in [9.17, 15) is 9.18 Å². The van der Waals surface area contributed by atoms with Crippen LogP contribution in [0.3, 0.4) is 0 Å². The minimum absolute atomic E-state index is 0.0454. The van der Waals surface area contributed by atoms with Gasteiger partial charge in [-0.05, 0) is 61.7 Å². The lowest BCUT2D eigenvalue weighted by molar-refractivity contribution is -0.136. The summed E-state index contributed by atoms with van der Waals surface area (Å²) in [6.07, 6.45) is 1.84. The number of rotatable bonds is 6. The molecule has 1 aliphatic rings. The summed E-state index contributed by atoms with van der Waals surface area (Å²) in [6.45, 7) is 4.87. The smallest absolute Gasteiger partial charge is 0.227 e. The molecular weight excluding hydrogens is 391 g/mol. The Hall–Kier alpha value is -3.28. The standard InChI is InChI=1S/C25H27FN4O/c1-2-29(17-19-7-4-3-5-8-19)25(31)21-9-6-16-30(18-21)24-15-14-23(27-28-24)20-10-12-22(26)13-11-20/h3-5,7-8,10-15,21H,2,6,9,16-18H2,1H3/t21-/m1/s1. The molecular formula is C25H27FN4O. The number of hydrogen-bond acceptors (Lipinski definition) is 4. The minimum Gasteiger partial charge on any atom is -0.354 e. The van der Waals surface area contributed by atoms with Gasteiger partial charge in [-0.3, -0.25) is 4.79 Å². The molecule has 31 heavy (non-hydrogen) atoms. The fourth-order valence-electron chi connectivity index (χ4n) is 4.06. The number of aromatic nitrogens is 2. The maximum absolute atomic E-state index is 13.2. The number of halogens is 1. The Morgan fingerprint density at radius 2 is 1.84 bits per heavy atom. The molecule has 1 atom stereocenters. The molecule has 3 aromatic rings. The second-order valence-electron chi connectivity index (χ2n) is 7.91. The van der Waals surface area contributed by atoms with Crippen molar-refractivity contribution in [2.45, 2.75) is 26.3 Å². The minimum atomic E-state index is -0.272. The van der Waals surface area contributed by atoms with Gasteiger partial charge in [0.25, 0.3) is 0 Å². The van der Waals surface area contributed by atoms with Crippen molar-refractivity contribution in [3.05, 3.63) is 78.1 Å². The number of nitrogens with zero attached hydrogens (tertiary/aromatic N) is 4. The molecule has 1 saturated heterocycles. The van der Waals surface area contributed by atoms with Gasteiger partial charge in [-0.1, -0.05) is 30.3 Å². The van der Waals surface area contributed by atoms with E-state index in [1.54, 1.807) is 12.1 Å². The maximum atomic E-state index is 13.2. The molecule has 0 aliphatic carbocycles. The molecule has 1 amide bonds. The average molecular weight is 419 g/mol. The predicted molar refractivity (Wildman–Crippen MR) is 120 cm³/mol. The van der Waals surface area contributed by atoms with Crippen LogP contribution < -0.4 is 4.90 Å². The van der Waals surface area contributed by atoms with E-state index in [0.717, 1.165) is 36.3 Å². The van der Waals surface area contributed by atoms with Gasteiger partial charge in [0.15, 0.2) is 5.82 Å². The molecule has 0 N–H and O–H groups in total. The van der Waals surface area contributed by atoms with Crippen LogP contribution in [0.15, 0.2) is 66.7 Å². The van der Waals surface area contributed by atoms with Gasteiger partial charge in [0.2, 0.25) is 5.91 Å². The summed E-state index contributed by atoms with van der Waals surface area (Å²) < 4.78 is 13.1. The van der Waals surface area contributed by atoms with Gasteiger partial charge in [-0.25, -0.2) is 4.39 Å². The zero-order valence-electron chi connectivity index (χ0n) is 17.7. The number of hydrogen-bond donors (Lipinski definition) is 0. The molecule has 5 nitrogen and oxygen atoms in total. The van der Waals surface area contributed by atoms with Crippen LogP contribution in [-0.4, -0.2) is 40.6 Å². The number of benzene rings is 2. The third kappa shape index (κ3) is 5.08. The Kier molecular flexibility index (Phi) is 6.55. The molecule has 0 bridgehead atoms. The topological polar surface area (TPSA) is 49.3 Å². The summed E-state index contributed by atoms with van der Waals surface area (Å²) in [6, 6.07) is 20.2. The van der Waals surface area contributed by atoms with E-state index < -0.39 is 0 Å². The van der Waals surface area contributed by atoms with E-state index in [0.29, 0.717) is 25.3 Å². The van der Waals surface area contributed by atoms with Gasteiger partial charge >= 0.3 is 0 Å². The van der Waals surface area contributed by atoms with Crippen molar-refractivity contribution < 1.29 is 9.18 Å². The molecule has 1 aromatic heterocycles. The fraction of sp³-hybridized carbons (Fsp3) is 0.320. The van der Waals surface area contributed by atoms with Crippen molar-refractivity contribution in [2.75, 3.05) is 24.5 Å². The van der Waals surface area contributed by atoms with Gasteiger partial charge in [0.05, 0.1) is 11.6 Å². The Bertz CT molecular complexity index is 992. The highest BCUT2D eigenvalue weighted by Crippen LogP contribution is 2.25. The first-order valence-corrected chi connectivity index (χ1v) is 10.8. The van der Waals surface area contributed by atoms with E-state index in [1.807, 2.05) is 42.2 Å². The molecule has 0 radical (unpaired) electrons. The van der Waals surface area contributed by atoms with Crippen molar-refractivity contribution >= 4 is 11.7 Å². The zero-order chi connectivity index (χ0) is 21.6. The summed E-state index contributed by atoms with van der Waals surface area (Å²) in [5.74, 6) is 0.656. The van der Waals surface area contributed by atoms with Crippen molar-refractivity contribution in [1.82, 2.24) is 15.1 Å². The quantitative estimate of drug-likeness (QED) is 0.589. The molecule has 1 fully saturated rings. The number of anilines is 1. The van der Waals surface area contributed by atoms with E-state index in [1.165, 1.54) is 12.1 Å². The van der Waals surface area contributed by atoms with Crippen molar-refractivity contribution in [3.8, 4) is 11.3 Å². The molecule has 1 aliphatic heterocycles. The number of carbonyl (C=O) groups excluding carboxylic acids is 1. The van der Waals surface area contributed by atoms with Crippen LogP contribution in [0.2, 0.25) is 0 Å². The monoisotopic (exact) mass is 418 g/mol. The second kappa shape index (κ2) is 9.69. The van der Waals surface area contributed by atoms with Crippen molar-refractivity contribution in [2.24, 2.45) is 5.92 Å². The maximum Gasteiger partial charge on any atom is 0.227 e. The zero-order valence-corrected chi connectivity index (χ0v) is 17.7. The average Bonchev–Trinajstić information content (AvgIpc) is 2.83. The third-order valence-electron chi connectivity index (χ3n) is 5.79. The summed E-state index contributed by atoms with van der Waals surface area (Å²) in [4.78, 5) is 17.3. The van der Waals surface area contributed by atoms with Gasteiger partial charge < -0.3 is 9.80 Å². The molecule has 0 spiro atoms. The summed E-state index contributed by atoms with van der Waals surface area (Å²) in [7, 11) is 0. The first-order valence-electron chi connectivity index (χ1n) is 10.8. The first kappa shape index (κ1) is 21.0. The van der Waals surface area contributed by atoms with Crippen LogP contribution in [-0.2, 0) is 11.3 Å². The highest BCUT2D eigenvalue weighted by atomic mass is 19.1. The molecule has 4 rings (SSSR count). The molecule has 0 unspecified atom stereocenters. The largest absolute Gasteiger partial charge is 0.354 e. The highest BCUT2D eigenvalue weighted by molar-refractivity contribution is 5.79. The lowest BCUT2D eigenvalue weighted by Gasteiger charge is -2.35. The van der Waals surface area contributed by atoms with Crippen LogP contribution in [0.4, 0.5) is 10.2 Å². The predicted octanol–water partition coefficient (Wildman–Crippen LogP) is 4.55. The molecule has 6 heteroatoms. The Balaban J connectivity index is 1.42. The van der Waals surface area contributed by atoms with E-state index >= 15 is 0 Å². The van der Waals surface area contributed by atoms with E-state index in [-0.39, 0.29) is 17.6 Å². The van der Waals surface area contributed by atoms with Crippen LogP contribution in [0.5, 0.6) is 0 Å². The number of amides is 1. The molecule has 2 heterocycles. The summed E-state index contributed by atoms with van der Waals surface area (Å²) in [5, 5.41) is 8.71. The Morgan fingerprint density at radius 1 is 1.06 bits per heavy atom. The van der Waals surface area contributed by atoms with Gasteiger partial charge in [0.1, 0.15) is 5.82 Å². The van der Waals surface area contributed by atoms with Gasteiger partial charge in [-0.2, -0.15) is 0 Å². The highest BCUT2D eigenvalue weighted by Gasteiger charge is 2.29. The van der Waals surface area contributed by atoms with Crippen LogP contribution >= 0.6 is 0 Å². The third-order valence-corrected chi connectivity index (χ3v) is 5.79. The summed E-state index contributed by atoms with van der Waals surface area (Å²) in [5.41, 5.74) is 2.67. The Morgan fingerprint density at radius 3 is 2.52 bits per heavy atom. The van der Waals surface area contributed by atoms with Crippen molar-refractivity contribution in [3.63, 3.8) is 0 Å². The van der Waals surface area contributed by atoms with Gasteiger partial charge in [-0.15, -0.1) is 10.2 Å². The fourth-order valence-corrected chi connectivity index (χ4v) is 4.06. The molecule has 160 valence electrons. The SMILES string of the molecule is CCN(Cc1ccccc1)C(=O)[C@@H]1CCCN(c2ccc(-c3ccc(F)cc3)nn2)C1. The number of carbonyl (C=O) groups is 1. The lowest BCUT2D eigenvalue weighted by Crippen LogP contribution is -2.45. The summed E-state index contributed by atoms with van der Waals surface area (Å²) >= 11 is 0.